The van der Waals surface area contributed by atoms with Crippen molar-refractivity contribution < 1.29 is 21.6 Å². The Labute approximate surface area is 185 Å². The zero-order valence-corrected chi connectivity index (χ0v) is 18.6. The van der Waals surface area contributed by atoms with E-state index >= 15 is 0 Å². The highest BCUT2D eigenvalue weighted by Crippen LogP contribution is 2.30. The van der Waals surface area contributed by atoms with Crippen LogP contribution in [0.4, 0.5) is 10.5 Å². The summed E-state index contributed by atoms with van der Waals surface area (Å²) in [6, 6.07) is 15.2. The monoisotopic (exact) mass is 479 g/mol. The molecule has 3 rings (SSSR count). The molecule has 11 heteroatoms. The quantitative estimate of drug-likeness (QED) is 0.514. The first-order valence-corrected chi connectivity index (χ1v) is 12.2. The molecular weight excluding hydrogens is 462 g/mol. The Morgan fingerprint density at radius 1 is 0.903 bits per heavy atom. The van der Waals surface area contributed by atoms with E-state index in [2.05, 4.69) is 5.32 Å². The molecule has 0 aliphatic carbocycles. The van der Waals surface area contributed by atoms with Crippen LogP contribution in [0.1, 0.15) is 5.56 Å². The Morgan fingerprint density at radius 2 is 1.52 bits per heavy atom. The summed E-state index contributed by atoms with van der Waals surface area (Å²) in [6.07, 6.45) is 0. The topological polar surface area (TPSA) is 135 Å². The lowest BCUT2D eigenvalue weighted by atomic mass is 10.1. The van der Waals surface area contributed by atoms with Crippen LogP contribution in [-0.2, 0) is 20.0 Å². The van der Waals surface area contributed by atoms with Crippen molar-refractivity contribution in [1.29, 1.82) is 0 Å². The lowest BCUT2D eigenvalue weighted by Gasteiger charge is -2.13. The van der Waals surface area contributed by atoms with Crippen molar-refractivity contribution in [3.8, 4) is 11.1 Å². The summed E-state index contributed by atoms with van der Waals surface area (Å²) in [5, 5.41) is 8.14. The van der Waals surface area contributed by atoms with E-state index in [-0.39, 0.29) is 21.0 Å². The number of carbonyl (C=O) groups excluding carboxylic acids is 1. The molecule has 8 nitrogen and oxygen atoms in total. The van der Waals surface area contributed by atoms with Gasteiger partial charge in [-0.25, -0.2) is 31.5 Å². The van der Waals surface area contributed by atoms with E-state index in [1.54, 1.807) is 43.3 Å². The molecule has 0 fully saturated rings. The molecule has 0 unspecified atom stereocenters. The van der Waals surface area contributed by atoms with E-state index in [4.69, 9.17) is 16.7 Å². The molecule has 0 aromatic heterocycles. The Balaban J connectivity index is 1.89. The van der Waals surface area contributed by atoms with Crippen LogP contribution in [0.15, 0.2) is 76.5 Å². The summed E-state index contributed by atoms with van der Waals surface area (Å²) in [5.74, 6) is 0. The highest BCUT2D eigenvalue weighted by Gasteiger charge is 2.19. The second-order valence-electron chi connectivity index (χ2n) is 6.64. The fraction of sp³-hybridized carbons (Fsp3) is 0.0500. The maximum atomic E-state index is 12.4. The van der Waals surface area contributed by atoms with Gasteiger partial charge in [0, 0.05) is 16.3 Å². The Hall–Kier alpha value is -2.92. The van der Waals surface area contributed by atoms with Crippen LogP contribution in [0.5, 0.6) is 0 Å². The summed E-state index contributed by atoms with van der Waals surface area (Å²) < 4.78 is 50.6. The molecule has 3 aromatic carbocycles. The number of halogens is 1. The summed E-state index contributed by atoms with van der Waals surface area (Å²) in [5.41, 5.74) is 1.74. The maximum Gasteiger partial charge on any atom is 0.333 e. The Kier molecular flexibility index (Phi) is 6.37. The SMILES string of the molecule is Cc1ccc(S(=O)(=O)NC(=O)Nc2ccc(S(N)(=O)=O)c(-c3ccc(Cl)cc3)c2)cc1. The first-order valence-electron chi connectivity index (χ1n) is 8.79. The van der Waals surface area contributed by atoms with Gasteiger partial charge in [0.15, 0.2) is 0 Å². The molecule has 0 aliphatic rings. The number of rotatable bonds is 5. The molecule has 0 saturated heterocycles. The minimum atomic E-state index is -4.09. The minimum absolute atomic E-state index is 0.0697. The molecule has 0 radical (unpaired) electrons. The fourth-order valence-electron chi connectivity index (χ4n) is 2.77. The van der Waals surface area contributed by atoms with Crippen molar-refractivity contribution in [2.24, 2.45) is 5.14 Å². The second-order valence-corrected chi connectivity index (χ2v) is 10.3. The molecule has 0 bridgehead atoms. The van der Waals surface area contributed by atoms with Crippen LogP contribution in [0.3, 0.4) is 0 Å². The first kappa shape index (κ1) is 22.8. The van der Waals surface area contributed by atoms with Crippen molar-refractivity contribution in [2.45, 2.75) is 16.7 Å². The molecule has 0 atom stereocenters. The van der Waals surface area contributed by atoms with E-state index in [1.165, 1.54) is 30.3 Å². The van der Waals surface area contributed by atoms with Crippen LogP contribution in [-0.4, -0.2) is 22.9 Å². The highest BCUT2D eigenvalue weighted by atomic mass is 35.5. The molecule has 31 heavy (non-hydrogen) atoms. The highest BCUT2D eigenvalue weighted by molar-refractivity contribution is 7.90. The number of sulfonamides is 2. The number of urea groups is 1. The Bertz CT molecular complexity index is 1340. The van der Waals surface area contributed by atoms with Gasteiger partial charge in [-0.2, -0.15) is 0 Å². The fourth-order valence-corrected chi connectivity index (χ4v) is 4.54. The minimum Gasteiger partial charge on any atom is -0.307 e. The molecule has 162 valence electrons. The molecule has 0 aliphatic heterocycles. The van der Waals surface area contributed by atoms with Gasteiger partial charge in [-0.05, 0) is 55.0 Å². The predicted octanol–water partition coefficient (Wildman–Crippen LogP) is 3.47. The largest absolute Gasteiger partial charge is 0.333 e. The summed E-state index contributed by atoms with van der Waals surface area (Å²) in [4.78, 5) is 12.1. The number of hydrogen-bond acceptors (Lipinski definition) is 5. The van der Waals surface area contributed by atoms with Crippen LogP contribution in [0.2, 0.25) is 5.02 Å². The maximum absolute atomic E-state index is 12.4. The number of nitrogens with one attached hydrogen (secondary N) is 2. The number of benzene rings is 3. The van der Waals surface area contributed by atoms with Crippen molar-refractivity contribution >= 4 is 43.4 Å². The lowest BCUT2D eigenvalue weighted by molar-refractivity contribution is 0.256. The standard InChI is InChI=1S/C20H18ClN3O5S2/c1-13-2-9-17(10-3-13)31(28,29)24-20(25)23-16-8-11-19(30(22,26)27)18(12-16)14-4-6-15(21)7-5-14/h2-12H,1H3,(H2,22,26,27)(H2,23,24,25). The van der Waals surface area contributed by atoms with Gasteiger partial charge in [0.1, 0.15) is 0 Å². The first-order chi connectivity index (χ1) is 14.5. The third kappa shape index (κ3) is 5.61. The van der Waals surface area contributed by atoms with E-state index in [1.807, 2.05) is 4.72 Å². The summed E-state index contributed by atoms with van der Waals surface area (Å²) in [7, 11) is -8.15. The van der Waals surface area contributed by atoms with Crippen LogP contribution in [0.25, 0.3) is 11.1 Å². The molecule has 3 aromatic rings. The van der Waals surface area contributed by atoms with Gasteiger partial charge >= 0.3 is 6.03 Å². The van der Waals surface area contributed by atoms with Gasteiger partial charge in [-0.1, -0.05) is 41.4 Å². The molecule has 0 spiro atoms. The number of amides is 2. The number of aryl methyl sites for hydroxylation is 1. The number of nitrogens with two attached hydrogens (primary N) is 1. The third-order valence-corrected chi connectivity index (χ3v) is 6.83. The van der Waals surface area contributed by atoms with Crippen molar-refractivity contribution in [3.05, 3.63) is 77.3 Å². The zero-order chi connectivity index (χ0) is 22.8. The zero-order valence-electron chi connectivity index (χ0n) is 16.2. The van der Waals surface area contributed by atoms with E-state index in [0.717, 1.165) is 5.56 Å². The molecule has 2 amide bonds. The van der Waals surface area contributed by atoms with Crippen molar-refractivity contribution in [2.75, 3.05) is 5.32 Å². The number of hydrogen-bond donors (Lipinski definition) is 3. The van der Waals surface area contributed by atoms with Crippen LogP contribution < -0.4 is 15.2 Å². The molecule has 0 saturated carbocycles. The molecule has 0 heterocycles. The average molecular weight is 480 g/mol. The van der Waals surface area contributed by atoms with E-state index < -0.39 is 26.1 Å². The van der Waals surface area contributed by atoms with Crippen LogP contribution in [0, 0.1) is 6.92 Å². The van der Waals surface area contributed by atoms with Gasteiger partial charge in [-0.15, -0.1) is 0 Å². The smallest absolute Gasteiger partial charge is 0.307 e. The average Bonchev–Trinajstić information content (AvgIpc) is 2.67. The van der Waals surface area contributed by atoms with Gasteiger partial charge < -0.3 is 5.32 Å². The van der Waals surface area contributed by atoms with Gasteiger partial charge in [0.05, 0.1) is 9.79 Å². The van der Waals surface area contributed by atoms with Crippen molar-refractivity contribution in [1.82, 2.24) is 4.72 Å². The number of primary sulfonamides is 1. The van der Waals surface area contributed by atoms with Gasteiger partial charge in [-0.3, -0.25) is 0 Å². The summed E-state index contributed by atoms with van der Waals surface area (Å²) in [6.45, 7) is 1.81. The molecule has 4 N–H and O–H groups in total. The predicted molar refractivity (Wildman–Crippen MR) is 119 cm³/mol. The van der Waals surface area contributed by atoms with E-state index in [9.17, 15) is 21.6 Å². The lowest BCUT2D eigenvalue weighted by Crippen LogP contribution is -2.34. The third-order valence-electron chi connectivity index (χ3n) is 4.26. The van der Waals surface area contributed by atoms with Gasteiger partial charge in [0.25, 0.3) is 10.0 Å². The normalized spacial score (nSPS) is 11.7. The summed E-state index contributed by atoms with van der Waals surface area (Å²) >= 11 is 5.88. The van der Waals surface area contributed by atoms with Gasteiger partial charge in [0.2, 0.25) is 10.0 Å². The van der Waals surface area contributed by atoms with Crippen LogP contribution >= 0.6 is 11.6 Å². The van der Waals surface area contributed by atoms with Crippen molar-refractivity contribution in [3.63, 3.8) is 0 Å². The second kappa shape index (κ2) is 8.67. The number of anilines is 1. The van der Waals surface area contributed by atoms with E-state index in [0.29, 0.717) is 10.6 Å². The number of carbonyl (C=O) groups is 1. The Morgan fingerprint density at radius 3 is 2.10 bits per heavy atom. The molecular formula is C20H18ClN3O5S2.